The van der Waals surface area contributed by atoms with Gasteiger partial charge < -0.3 is 9.30 Å². The van der Waals surface area contributed by atoms with E-state index in [2.05, 4.69) is 53.0 Å². The van der Waals surface area contributed by atoms with Gasteiger partial charge in [0.05, 0.1) is 0 Å². The van der Waals surface area contributed by atoms with Crippen molar-refractivity contribution in [3.8, 4) is 17.6 Å². The first-order valence-corrected chi connectivity index (χ1v) is 10.3. The lowest BCUT2D eigenvalue weighted by molar-refractivity contribution is 0.293. The first kappa shape index (κ1) is 19.9. The normalized spacial score (nSPS) is 13.9. The minimum atomic E-state index is -0.0709. The average Bonchev–Trinajstić information content (AvgIpc) is 3.57. The van der Waals surface area contributed by atoms with Crippen molar-refractivity contribution in [2.75, 3.05) is 0 Å². The number of hydrogen-bond acceptors (Lipinski definition) is 4. The van der Waals surface area contributed by atoms with E-state index in [1.54, 1.807) is 18.5 Å². The predicted octanol–water partition coefficient (Wildman–Crippen LogP) is 4.09. The van der Waals surface area contributed by atoms with Gasteiger partial charge >= 0.3 is 0 Å². The highest BCUT2D eigenvalue weighted by atomic mass is 16.5. The SMILES string of the molecule is Cc1cc(OCc2ncccn2)cc(=O)n1[C@@H](C)Cc1ccc(C#CC2CC2)cc1. The topological polar surface area (TPSA) is 57.0 Å². The van der Waals surface area contributed by atoms with Crippen LogP contribution in [0.1, 0.15) is 48.5 Å². The van der Waals surface area contributed by atoms with Gasteiger partial charge in [0.15, 0.2) is 5.82 Å². The average molecular weight is 399 g/mol. The Labute approximate surface area is 176 Å². The molecule has 0 radical (unpaired) electrons. The zero-order valence-corrected chi connectivity index (χ0v) is 17.3. The maximum absolute atomic E-state index is 12.7. The number of ether oxygens (including phenoxy) is 1. The molecule has 0 bridgehead atoms. The largest absolute Gasteiger partial charge is 0.485 e. The summed E-state index contributed by atoms with van der Waals surface area (Å²) >= 11 is 0. The smallest absolute Gasteiger partial charge is 0.254 e. The van der Waals surface area contributed by atoms with E-state index in [0.29, 0.717) is 17.5 Å². The lowest BCUT2D eigenvalue weighted by Gasteiger charge is -2.19. The molecule has 152 valence electrons. The van der Waals surface area contributed by atoms with Crippen LogP contribution in [-0.2, 0) is 13.0 Å². The zero-order chi connectivity index (χ0) is 20.9. The van der Waals surface area contributed by atoms with E-state index < -0.39 is 0 Å². The van der Waals surface area contributed by atoms with Crippen LogP contribution < -0.4 is 10.3 Å². The standard InChI is InChI=1S/C25H25N3O2/c1-18(14-22-10-8-21(9-11-22)7-6-20-4-5-20)28-19(2)15-23(16-25(28)29)30-17-24-26-12-3-13-27-24/h3,8-13,15-16,18,20H,4-5,14,17H2,1-2H3/t18-/m0/s1. The molecule has 2 heterocycles. The van der Waals surface area contributed by atoms with Crippen LogP contribution in [0.2, 0.25) is 0 Å². The third kappa shape index (κ3) is 5.15. The molecule has 4 rings (SSSR count). The molecule has 1 fully saturated rings. The molecule has 1 aromatic carbocycles. The molecule has 1 atom stereocenters. The lowest BCUT2D eigenvalue weighted by atomic mass is 10.0. The molecule has 0 N–H and O–H groups in total. The van der Waals surface area contributed by atoms with Gasteiger partial charge in [-0.2, -0.15) is 0 Å². The Hall–Kier alpha value is -3.39. The van der Waals surface area contributed by atoms with Crippen molar-refractivity contribution in [2.45, 2.75) is 45.8 Å². The maximum Gasteiger partial charge on any atom is 0.254 e. The first-order chi connectivity index (χ1) is 14.6. The van der Waals surface area contributed by atoms with Crippen LogP contribution in [0, 0.1) is 24.7 Å². The number of aryl methyl sites for hydroxylation is 1. The van der Waals surface area contributed by atoms with Gasteiger partial charge in [-0.25, -0.2) is 9.97 Å². The molecule has 3 aromatic rings. The summed E-state index contributed by atoms with van der Waals surface area (Å²) in [6.45, 7) is 4.23. The third-order valence-corrected chi connectivity index (χ3v) is 5.15. The van der Waals surface area contributed by atoms with E-state index in [9.17, 15) is 4.79 Å². The molecular weight excluding hydrogens is 374 g/mol. The summed E-state index contributed by atoms with van der Waals surface area (Å²) in [5.74, 6) is 8.24. The highest BCUT2D eigenvalue weighted by Crippen LogP contribution is 2.27. The van der Waals surface area contributed by atoms with Crippen LogP contribution in [0.25, 0.3) is 0 Å². The molecule has 2 aromatic heterocycles. The van der Waals surface area contributed by atoms with E-state index in [0.717, 1.165) is 17.7 Å². The highest BCUT2D eigenvalue weighted by Gasteiger charge is 2.17. The van der Waals surface area contributed by atoms with Crippen LogP contribution in [0.5, 0.6) is 5.75 Å². The summed E-state index contributed by atoms with van der Waals surface area (Å²) in [4.78, 5) is 21.0. The molecule has 0 spiro atoms. The molecule has 5 nitrogen and oxygen atoms in total. The zero-order valence-electron chi connectivity index (χ0n) is 17.3. The summed E-state index contributed by atoms with van der Waals surface area (Å²) in [7, 11) is 0. The second-order valence-corrected chi connectivity index (χ2v) is 7.79. The molecule has 1 saturated carbocycles. The van der Waals surface area contributed by atoms with Crippen LogP contribution in [-0.4, -0.2) is 14.5 Å². The summed E-state index contributed by atoms with van der Waals surface area (Å²) in [6.07, 6.45) is 6.59. The van der Waals surface area contributed by atoms with Gasteiger partial charge in [-0.1, -0.05) is 24.0 Å². The van der Waals surface area contributed by atoms with E-state index in [-0.39, 0.29) is 18.2 Å². The Morgan fingerprint density at radius 2 is 1.90 bits per heavy atom. The number of rotatable bonds is 6. The molecule has 5 heteroatoms. The van der Waals surface area contributed by atoms with Crippen molar-refractivity contribution in [3.63, 3.8) is 0 Å². The van der Waals surface area contributed by atoms with Crippen molar-refractivity contribution >= 4 is 0 Å². The maximum atomic E-state index is 12.7. The molecular formula is C25H25N3O2. The summed E-state index contributed by atoms with van der Waals surface area (Å²) in [6, 6.07) is 13.5. The summed E-state index contributed by atoms with van der Waals surface area (Å²) < 4.78 is 7.53. The second kappa shape index (κ2) is 8.96. The van der Waals surface area contributed by atoms with E-state index in [4.69, 9.17) is 4.74 Å². The van der Waals surface area contributed by atoms with Crippen molar-refractivity contribution in [3.05, 3.63) is 87.9 Å². The van der Waals surface area contributed by atoms with Gasteiger partial charge in [-0.15, -0.1) is 0 Å². The van der Waals surface area contributed by atoms with Gasteiger partial charge in [-0.05, 0) is 62.9 Å². The molecule has 0 amide bonds. The number of nitrogens with zero attached hydrogens (tertiary/aromatic N) is 3. The van der Waals surface area contributed by atoms with Crippen molar-refractivity contribution in [2.24, 2.45) is 5.92 Å². The Kier molecular flexibility index (Phi) is 5.94. The summed E-state index contributed by atoms with van der Waals surface area (Å²) in [5, 5.41) is 0. The van der Waals surface area contributed by atoms with E-state index in [1.807, 2.05) is 17.6 Å². The minimum Gasteiger partial charge on any atom is -0.485 e. The van der Waals surface area contributed by atoms with Crippen molar-refractivity contribution in [1.82, 2.24) is 14.5 Å². The van der Waals surface area contributed by atoms with Crippen LogP contribution in [0.4, 0.5) is 0 Å². The van der Waals surface area contributed by atoms with Crippen molar-refractivity contribution in [1.29, 1.82) is 0 Å². The fraction of sp³-hybridized carbons (Fsp3) is 0.320. The van der Waals surface area contributed by atoms with Crippen LogP contribution in [0.15, 0.2) is 59.7 Å². The fourth-order valence-electron chi connectivity index (χ4n) is 3.45. The number of hydrogen-bond donors (Lipinski definition) is 0. The fourth-order valence-corrected chi connectivity index (χ4v) is 3.45. The molecule has 0 aliphatic heterocycles. The molecule has 1 aliphatic carbocycles. The Morgan fingerprint density at radius 1 is 1.17 bits per heavy atom. The van der Waals surface area contributed by atoms with Crippen LogP contribution >= 0.6 is 0 Å². The van der Waals surface area contributed by atoms with E-state index >= 15 is 0 Å². The number of aromatic nitrogens is 3. The van der Waals surface area contributed by atoms with Gasteiger partial charge in [0.25, 0.3) is 5.56 Å². The monoisotopic (exact) mass is 399 g/mol. The van der Waals surface area contributed by atoms with Gasteiger partial charge in [0.2, 0.25) is 0 Å². The predicted molar refractivity (Wildman–Crippen MR) is 116 cm³/mol. The quantitative estimate of drug-likeness (QED) is 0.586. The van der Waals surface area contributed by atoms with Gasteiger partial charge in [0.1, 0.15) is 12.4 Å². The molecule has 1 aliphatic rings. The molecule has 0 saturated heterocycles. The van der Waals surface area contributed by atoms with Crippen LogP contribution in [0.3, 0.4) is 0 Å². The molecule has 0 unspecified atom stereocenters. The molecule has 30 heavy (non-hydrogen) atoms. The Morgan fingerprint density at radius 3 is 2.57 bits per heavy atom. The number of pyridine rings is 1. The van der Waals surface area contributed by atoms with Gasteiger partial charge in [-0.3, -0.25) is 4.79 Å². The van der Waals surface area contributed by atoms with Gasteiger partial charge in [0, 0.05) is 41.7 Å². The Balaban J connectivity index is 1.42. The number of benzene rings is 1. The van der Waals surface area contributed by atoms with Crippen molar-refractivity contribution < 1.29 is 4.74 Å². The minimum absolute atomic E-state index is 0.0346. The highest BCUT2D eigenvalue weighted by molar-refractivity contribution is 5.37. The first-order valence-electron chi connectivity index (χ1n) is 10.3. The third-order valence-electron chi connectivity index (χ3n) is 5.15. The lowest BCUT2D eigenvalue weighted by Crippen LogP contribution is -2.26. The second-order valence-electron chi connectivity index (χ2n) is 7.79. The van der Waals surface area contributed by atoms with E-state index in [1.165, 1.54) is 24.5 Å². The summed E-state index contributed by atoms with van der Waals surface area (Å²) in [5.41, 5.74) is 3.03. The Bertz CT molecular complexity index is 1120.